The molecule has 4 aromatic heterocycles. The van der Waals surface area contributed by atoms with Crippen LogP contribution in [0, 0.1) is 5.92 Å². The molecule has 0 atom stereocenters. The molecule has 2 amide bonds. The van der Waals surface area contributed by atoms with Gasteiger partial charge >= 0.3 is 11.9 Å². The first-order valence-corrected chi connectivity index (χ1v) is 18.4. The minimum absolute atomic E-state index is 0.0242. The molecule has 0 radical (unpaired) electrons. The number of carboxylic acids is 2. The summed E-state index contributed by atoms with van der Waals surface area (Å²) >= 11 is 0. The number of unbranched alkanes of at least 4 members (excludes halogenated alkanes) is 1. The molecule has 290 valence electrons. The van der Waals surface area contributed by atoms with E-state index in [0.717, 1.165) is 38.5 Å². The van der Waals surface area contributed by atoms with Crippen LogP contribution in [0.1, 0.15) is 58.3 Å². The molecule has 0 spiro atoms. The lowest BCUT2D eigenvalue weighted by Crippen LogP contribution is -2.37. The molecular weight excluding hydrogens is 704 g/mol. The fraction of sp³-hybridized carbons (Fsp3) is 0.588. The van der Waals surface area contributed by atoms with E-state index in [4.69, 9.17) is 19.7 Å². The first kappa shape index (κ1) is 38.2. The van der Waals surface area contributed by atoms with E-state index in [1.165, 1.54) is 28.2 Å². The van der Waals surface area contributed by atoms with Gasteiger partial charge in [-0.3, -0.25) is 29.8 Å². The lowest BCUT2D eigenvalue weighted by molar-refractivity contribution is -0.138. The average molecular weight is 751 g/mol. The summed E-state index contributed by atoms with van der Waals surface area (Å²) in [6, 6.07) is 0. The summed E-state index contributed by atoms with van der Waals surface area (Å²) in [5, 5.41) is 23.8. The van der Waals surface area contributed by atoms with Crippen molar-refractivity contribution in [2.45, 2.75) is 71.4 Å². The quantitative estimate of drug-likeness (QED) is 0.162. The van der Waals surface area contributed by atoms with Crippen molar-refractivity contribution in [3.63, 3.8) is 0 Å². The number of hydrogen-bond acceptors (Lipinski definition) is 14. The van der Waals surface area contributed by atoms with E-state index in [0.29, 0.717) is 93.0 Å². The highest BCUT2D eigenvalue weighted by Gasteiger charge is 2.26. The second-order valence-corrected chi connectivity index (χ2v) is 13.3. The van der Waals surface area contributed by atoms with Crippen LogP contribution in [0.2, 0.25) is 0 Å². The zero-order valence-corrected chi connectivity index (χ0v) is 30.3. The van der Waals surface area contributed by atoms with Crippen molar-refractivity contribution in [1.82, 2.24) is 39.0 Å². The molecule has 2 saturated heterocycles. The number of amides is 2. The topological polar surface area (TPSA) is 245 Å². The van der Waals surface area contributed by atoms with Gasteiger partial charge in [-0.15, -0.1) is 0 Å². The molecule has 6 heterocycles. The second-order valence-electron chi connectivity index (χ2n) is 13.3. The molecular formula is C34H46N12O8. The zero-order chi connectivity index (χ0) is 38.0. The molecule has 54 heavy (non-hydrogen) atoms. The fourth-order valence-electron chi connectivity index (χ4n) is 6.59. The number of carbonyl (C=O) groups is 4. The largest absolute Gasteiger partial charge is 0.480 e. The summed E-state index contributed by atoms with van der Waals surface area (Å²) in [5.74, 6) is -0.722. The Bertz CT molecular complexity index is 1950. The van der Waals surface area contributed by atoms with E-state index >= 15 is 0 Å². The minimum atomic E-state index is -0.996. The summed E-state index contributed by atoms with van der Waals surface area (Å²) in [4.78, 5) is 77.4. The van der Waals surface area contributed by atoms with Gasteiger partial charge in [-0.05, 0) is 19.3 Å². The van der Waals surface area contributed by atoms with Gasteiger partial charge in [0.1, 0.15) is 13.1 Å². The molecule has 0 unspecified atom stereocenters. The summed E-state index contributed by atoms with van der Waals surface area (Å²) in [6.07, 6.45) is 10.00. The van der Waals surface area contributed by atoms with Gasteiger partial charge in [0.25, 0.3) is 0 Å². The second kappa shape index (κ2) is 18.0. The number of anilines is 4. The summed E-state index contributed by atoms with van der Waals surface area (Å²) in [5.41, 5.74) is 1.83. The monoisotopic (exact) mass is 750 g/mol. The van der Waals surface area contributed by atoms with E-state index in [-0.39, 0.29) is 42.7 Å². The smallest absolute Gasteiger partial charge is 0.323 e. The summed E-state index contributed by atoms with van der Waals surface area (Å²) in [7, 11) is 0. The Labute approximate surface area is 310 Å². The summed E-state index contributed by atoms with van der Waals surface area (Å²) < 4.78 is 13.7. The average Bonchev–Trinajstić information content (AvgIpc) is 3.77. The van der Waals surface area contributed by atoms with Gasteiger partial charge in [-0.1, -0.05) is 32.6 Å². The van der Waals surface area contributed by atoms with Crippen LogP contribution in [-0.4, -0.2) is 126 Å². The van der Waals surface area contributed by atoms with Crippen LogP contribution in [0.5, 0.6) is 0 Å². The van der Waals surface area contributed by atoms with Gasteiger partial charge in [0.05, 0.1) is 39.1 Å². The molecule has 1 saturated carbocycles. The van der Waals surface area contributed by atoms with Gasteiger partial charge in [-0.25, -0.2) is 9.97 Å². The van der Waals surface area contributed by atoms with Crippen LogP contribution < -0.4 is 20.4 Å². The first-order valence-electron chi connectivity index (χ1n) is 18.4. The number of carboxylic acid groups (broad SMARTS) is 2. The van der Waals surface area contributed by atoms with Crippen LogP contribution in [0.3, 0.4) is 0 Å². The molecule has 20 nitrogen and oxygen atoms in total. The third-order valence-corrected chi connectivity index (χ3v) is 9.34. The third kappa shape index (κ3) is 9.53. The maximum Gasteiger partial charge on any atom is 0.323 e. The molecule has 3 aliphatic rings. The molecule has 1 aliphatic carbocycles. The Kier molecular flexibility index (Phi) is 12.8. The maximum absolute atomic E-state index is 12.7. The van der Waals surface area contributed by atoms with Crippen molar-refractivity contribution in [2.24, 2.45) is 5.92 Å². The van der Waals surface area contributed by atoms with E-state index in [1.807, 2.05) is 16.7 Å². The molecule has 20 heteroatoms. The Morgan fingerprint density at radius 1 is 0.722 bits per heavy atom. The molecule has 7 rings (SSSR count). The molecule has 4 aromatic rings. The van der Waals surface area contributed by atoms with Crippen LogP contribution in [0.25, 0.3) is 22.3 Å². The minimum Gasteiger partial charge on any atom is -0.480 e. The normalized spacial score (nSPS) is 16.5. The standard InChI is InChI=1S/C18H24N6O4.C16H22N6O4/c25-13(26)10-24-11-19-14-15(23-6-8-28-9-7-23)20-18(21-16(14)24)22-17(27)12-4-2-1-3-5-12;1-2-3-4-11(23)18-16-19-14(21-5-7-26-8-6-21)13-15(20-16)22(10-17-13)9-12(24)25/h11-12H,1-10H2,(H,25,26)(H,20,21,22,27);10H,2-9H2,1H3,(H,24,25)(H,18,19,20,23). The predicted molar refractivity (Wildman–Crippen MR) is 195 cm³/mol. The number of ether oxygens (including phenoxy) is 2. The maximum atomic E-state index is 12.7. The Balaban J connectivity index is 0.000000185. The van der Waals surface area contributed by atoms with Gasteiger partial charge in [0, 0.05) is 38.5 Å². The molecule has 0 bridgehead atoms. The fourth-order valence-corrected chi connectivity index (χ4v) is 6.59. The SMILES string of the molecule is CCCCC(=O)Nc1nc(N2CCOCC2)c2ncn(CC(=O)O)c2n1.O=C(O)Cn1cnc2c(N3CCOCC3)nc(NC(=O)C3CCCCC3)nc21. The zero-order valence-electron chi connectivity index (χ0n) is 30.3. The van der Waals surface area contributed by atoms with Crippen LogP contribution in [0.15, 0.2) is 12.7 Å². The number of hydrogen-bond donors (Lipinski definition) is 4. The van der Waals surface area contributed by atoms with Crippen LogP contribution in [-0.2, 0) is 41.7 Å². The third-order valence-electron chi connectivity index (χ3n) is 9.34. The van der Waals surface area contributed by atoms with Gasteiger partial charge in [-0.2, -0.15) is 19.9 Å². The van der Waals surface area contributed by atoms with E-state index in [9.17, 15) is 19.2 Å². The Morgan fingerprint density at radius 2 is 1.20 bits per heavy atom. The number of imidazole rings is 2. The number of nitrogens with zero attached hydrogens (tertiary/aromatic N) is 10. The molecule has 3 fully saturated rings. The van der Waals surface area contributed by atoms with E-state index < -0.39 is 11.9 Å². The van der Waals surface area contributed by atoms with E-state index in [2.05, 4.69) is 40.5 Å². The first-order chi connectivity index (χ1) is 26.2. The Morgan fingerprint density at radius 3 is 1.67 bits per heavy atom. The number of carbonyl (C=O) groups excluding carboxylic acids is 2. The van der Waals surface area contributed by atoms with Crippen LogP contribution >= 0.6 is 0 Å². The number of morpholine rings is 2. The lowest BCUT2D eigenvalue weighted by Gasteiger charge is -2.28. The lowest BCUT2D eigenvalue weighted by atomic mass is 9.89. The highest BCUT2D eigenvalue weighted by atomic mass is 16.5. The van der Waals surface area contributed by atoms with Crippen molar-refractivity contribution < 1.29 is 38.9 Å². The summed E-state index contributed by atoms with van der Waals surface area (Å²) in [6.45, 7) is 6.35. The number of fused-ring (bicyclic) bond motifs is 2. The van der Waals surface area contributed by atoms with Crippen LogP contribution in [0.4, 0.5) is 23.5 Å². The molecule has 0 aromatic carbocycles. The van der Waals surface area contributed by atoms with Crippen molar-refractivity contribution in [2.75, 3.05) is 73.0 Å². The predicted octanol–water partition coefficient (Wildman–Crippen LogP) is 2.14. The number of aliphatic carboxylic acids is 2. The van der Waals surface area contributed by atoms with Gasteiger partial charge < -0.3 is 38.6 Å². The van der Waals surface area contributed by atoms with Gasteiger partial charge in [0.15, 0.2) is 34.0 Å². The highest BCUT2D eigenvalue weighted by Crippen LogP contribution is 2.28. The Hall–Kier alpha value is -5.50. The van der Waals surface area contributed by atoms with Crippen molar-refractivity contribution in [3.05, 3.63) is 12.7 Å². The van der Waals surface area contributed by atoms with Gasteiger partial charge in [0.2, 0.25) is 23.7 Å². The highest BCUT2D eigenvalue weighted by molar-refractivity contribution is 5.94. The number of rotatable bonds is 12. The number of nitrogens with one attached hydrogen (secondary N) is 2. The van der Waals surface area contributed by atoms with Crippen molar-refractivity contribution in [3.8, 4) is 0 Å². The number of aromatic nitrogens is 8. The molecule has 4 N–H and O–H groups in total. The van der Waals surface area contributed by atoms with Crippen molar-refractivity contribution >= 4 is 69.6 Å². The molecule has 2 aliphatic heterocycles. The van der Waals surface area contributed by atoms with E-state index in [1.54, 1.807) is 0 Å². The van der Waals surface area contributed by atoms with Crippen molar-refractivity contribution in [1.29, 1.82) is 0 Å².